The number of likely N-dealkylation sites (tertiary alicyclic amines) is 1. The van der Waals surface area contributed by atoms with Crippen LogP contribution in [0, 0.1) is 5.92 Å². The summed E-state index contributed by atoms with van der Waals surface area (Å²) in [6.07, 6.45) is 6.55. The molecule has 0 bridgehead atoms. The minimum atomic E-state index is -0.648. The summed E-state index contributed by atoms with van der Waals surface area (Å²) in [6, 6.07) is 0.630. The van der Waals surface area contributed by atoms with Crippen molar-refractivity contribution < 1.29 is 9.90 Å². The largest absolute Gasteiger partial charge is 0.481 e. The minimum Gasteiger partial charge on any atom is -0.481 e. The highest BCUT2D eigenvalue weighted by Crippen LogP contribution is 2.23. The van der Waals surface area contributed by atoms with Gasteiger partial charge in [0.1, 0.15) is 0 Å². The van der Waals surface area contributed by atoms with Crippen LogP contribution in [0.3, 0.4) is 0 Å². The Bertz CT molecular complexity index is 218. The van der Waals surface area contributed by atoms with E-state index in [9.17, 15) is 4.79 Å². The Hall–Kier alpha value is -0.570. The van der Waals surface area contributed by atoms with E-state index < -0.39 is 5.97 Å². The van der Waals surface area contributed by atoms with Crippen LogP contribution < -0.4 is 0 Å². The zero-order chi connectivity index (χ0) is 12.0. The number of unbranched alkanes of at least 4 members (excludes halogenated alkanes) is 2. The van der Waals surface area contributed by atoms with E-state index >= 15 is 0 Å². The van der Waals surface area contributed by atoms with E-state index in [0.717, 1.165) is 19.5 Å². The monoisotopic (exact) mass is 227 g/mol. The van der Waals surface area contributed by atoms with E-state index in [1.165, 1.54) is 25.7 Å². The first-order valence-electron chi connectivity index (χ1n) is 6.59. The number of nitrogens with zero attached hydrogens (tertiary/aromatic N) is 1. The molecule has 1 heterocycles. The first kappa shape index (κ1) is 13.5. The normalized spacial score (nSPS) is 23.5. The number of rotatable bonds is 7. The fourth-order valence-corrected chi connectivity index (χ4v) is 2.55. The van der Waals surface area contributed by atoms with Gasteiger partial charge in [0, 0.05) is 19.0 Å². The van der Waals surface area contributed by atoms with Gasteiger partial charge in [-0.2, -0.15) is 0 Å². The summed E-state index contributed by atoms with van der Waals surface area (Å²) in [6.45, 7) is 6.58. The molecule has 0 saturated carbocycles. The lowest BCUT2D eigenvalue weighted by atomic mass is 10.1. The van der Waals surface area contributed by atoms with Crippen molar-refractivity contribution in [2.75, 3.05) is 13.1 Å². The molecule has 3 heteroatoms. The fraction of sp³-hybridized carbons (Fsp3) is 0.923. The Morgan fingerprint density at radius 1 is 1.50 bits per heavy atom. The van der Waals surface area contributed by atoms with Gasteiger partial charge in [0.2, 0.25) is 0 Å². The van der Waals surface area contributed by atoms with Crippen molar-refractivity contribution >= 4 is 5.97 Å². The molecule has 2 unspecified atom stereocenters. The molecule has 0 amide bonds. The van der Waals surface area contributed by atoms with Gasteiger partial charge in [-0.1, -0.05) is 26.2 Å². The van der Waals surface area contributed by atoms with Gasteiger partial charge in [0.05, 0.1) is 0 Å². The van der Waals surface area contributed by atoms with Crippen LogP contribution in [0.4, 0.5) is 0 Å². The van der Waals surface area contributed by atoms with Crippen molar-refractivity contribution in [3.05, 3.63) is 0 Å². The van der Waals surface area contributed by atoms with E-state index in [1.807, 2.05) is 0 Å². The Morgan fingerprint density at radius 3 is 2.88 bits per heavy atom. The molecule has 0 radical (unpaired) electrons. The van der Waals surface area contributed by atoms with Crippen molar-refractivity contribution in [3.8, 4) is 0 Å². The number of hydrogen-bond acceptors (Lipinski definition) is 2. The average Bonchev–Trinajstić information content (AvgIpc) is 2.65. The molecule has 1 rings (SSSR count). The highest BCUT2D eigenvalue weighted by atomic mass is 16.4. The highest BCUT2D eigenvalue weighted by Gasteiger charge is 2.26. The third-order valence-corrected chi connectivity index (χ3v) is 3.63. The molecule has 3 nitrogen and oxygen atoms in total. The molecule has 0 aliphatic carbocycles. The summed E-state index contributed by atoms with van der Waals surface area (Å²) in [5.74, 6) is -0.267. The number of hydrogen-bond donors (Lipinski definition) is 1. The predicted octanol–water partition coefficient (Wildman–Crippen LogP) is 2.75. The lowest BCUT2D eigenvalue weighted by Crippen LogP contribution is -2.31. The molecule has 2 atom stereocenters. The van der Waals surface area contributed by atoms with Crippen LogP contribution in [0.1, 0.15) is 52.4 Å². The molecule has 1 fully saturated rings. The maximum atomic E-state index is 10.6. The quantitative estimate of drug-likeness (QED) is 0.680. The van der Waals surface area contributed by atoms with Crippen LogP contribution in [-0.4, -0.2) is 35.1 Å². The van der Waals surface area contributed by atoms with Crippen LogP contribution in [0.5, 0.6) is 0 Å². The number of aliphatic carboxylic acids is 1. The van der Waals surface area contributed by atoms with Gasteiger partial charge in [-0.05, 0) is 32.2 Å². The zero-order valence-corrected chi connectivity index (χ0v) is 10.6. The number of carboxylic acids is 1. The highest BCUT2D eigenvalue weighted by molar-refractivity contribution is 5.67. The van der Waals surface area contributed by atoms with Gasteiger partial charge in [-0.25, -0.2) is 0 Å². The second-order valence-electron chi connectivity index (χ2n) is 5.09. The fourth-order valence-electron chi connectivity index (χ4n) is 2.55. The lowest BCUT2D eigenvalue weighted by Gasteiger charge is -2.24. The zero-order valence-electron chi connectivity index (χ0n) is 10.6. The smallest absolute Gasteiger partial charge is 0.303 e. The molecule has 16 heavy (non-hydrogen) atoms. The van der Waals surface area contributed by atoms with E-state index in [0.29, 0.717) is 18.4 Å². The molecule has 0 aromatic rings. The average molecular weight is 227 g/mol. The van der Waals surface area contributed by atoms with Crippen molar-refractivity contribution in [1.82, 2.24) is 4.90 Å². The van der Waals surface area contributed by atoms with Crippen molar-refractivity contribution in [3.63, 3.8) is 0 Å². The molecule has 1 aliphatic rings. The Morgan fingerprint density at radius 2 is 2.25 bits per heavy atom. The topological polar surface area (TPSA) is 40.5 Å². The number of carboxylic acid groups (broad SMARTS) is 1. The van der Waals surface area contributed by atoms with E-state index in [1.54, 1.807) is 0 Å². The van der Waals surface area contributed by atoms with Gasteiger partial charge in [-0.3, -0.25) is 4.79 Å². The number of carbonyl (C=O) groups is 1. The van der Waals surface area contributed by atoms with E-state index in [4.69, 9.17) is 5.11 Å². The van der Waals surface area contributed by atoms with Gasteiger partial charge < -0.3 is 10.0 Å². The van der Waals surface area contributed by atoms with Crippen molar-refractivity contribution in [2.24, 2.45) is 5.92 Å². The summed E-state index contributed by atoms with van der Waals surface area (Å²) < 4.78 is 0. The molecule has 1 aliphatic heterocycles. The van der Waals surface area contributed by atoms with Gasteiger partial charge >= 0.3 is 5.97 Å². The van der Waals surface area contributed by atoms with Crippen molar-refractivity contribution in [1.29, 1.82) is 0 Å². The second-order valence-corrected chi connectivity index (χ2v) is 5.09. The molecule has 1 N–H and O–H groups in total. The van der Waals surface area contributed by atoms with Crippen LogP contribution in [0.15, 0.2) is 0 Å². The van der Waals surface area contributed by atoms with Crippen LogP contribution in [0.2, 0.25) is 0 Å². The molecule has 1 saturated heterocycles. The molecule has 94 valence electrons. The summed E-state index contributed by atoms with van der Waals surface area (Å²) in [5, 5.41) is 8.75. The van der Waals surface area contributed by atoms with Crippen molar-refractivity contribution in [2.45, 2.75) is 58.4 Å². The van der Waals surface area contributed by atoms with Crippen LogP contribution >= 0.6 is 0 Å². The summed E-state index contributed by atoms with van der Waals surface area (Å²) >= 11 is 0. The standard InChI is InChI=1S/C13H25NO2/c1-3-4-5-6-11(2)14-8-7-12(10-14)9-13(15)16/h11-12H,3-10H2,1-2H3,(H,15,16). The molecule has 0 aromatic heterocycles. The molecule has 0 aromatic carbocycles. The third kappa shape index (κ3) is 4.52. The SMILES string of the molecule is CCCCCC(C)N1CCC(CC(=O)O)C1. The second kappa shape index (κ2) is 6.89. The maximum absolute atomic E-state index is 10.6. The van der Waals surface area contributed by atoms with Gasteiger partial charge in [-0.15, -0.1) is 0 Å². The first-order valence-corrected chi connectivity index (χ1v) is 6.59. The van der Waals surface area contributed by atoms with E-state index in [2.05, 4.69) is 18.7 Å². The Kier molecular flexibility index (Phi) is 5.81. The summed E-state index contributed by atoms with van der Waals surface area (Å²) in [7, 11) is 0. The van der Waals surface area contributed by atoms with Crippen LogP contribution in [-0.2, 0) is 4.79 Å². The molecule has 0 spiro atoms. The predicted molar refractivity (Wildman–Crippen MR) is 65.5 cm³/mol. The maximum Gasteiger partial charge on any atom is 0.303 e. The van der Waals surface area contributed by atoms with Gasteiger partial charge in [0.15, 0.2) is 0 Å². The van der Waals surface area contributed by atoms with E-state index in [-0.39, 0.29) is 0 Å². The summed E-state index contributed by atoms with van der Waals surface area (Å²) in [4.78, 5) is 13.1. The third-order valence-electron chi connectivity index (χ3n) is 3.63. The minimum absolute atomic E-state index is 0.345. The Labute approximate surface area is 98.8 Å². The van der Waals surface area contributed by atoms with Crippen LogP contribution in [0.25, 0.3) is 0 Å². The molecular formula is C13H25NO2. The van der Waals surface area contributed by atoms with Gasteiger partial charge in [0.25, 0.3) is 0 Å². The lowest BCUT2D eigenvalue weighted by molar-refractivity contribution is -0.138. The first-order chi connectivity index (χ1) is 7.63. The summed E-state index contributed by atoms with van der Waals surface area (Å²) in [5.41, 5.74) is 0. The molecular weight excluding hydrogens is 202 g/mol. The Balaban J connectivity index is 2.21.